The molecule has 0 radical (unpaired) electrons. The Morgan fingerprint density at radius 1 is 1.04 bits per heavy atom. The number of aromatic nitrogens is 2. The van der Waals surface area contributed by atoms with Crippen LogP contribution in [0, 0.1) is 0 Å². The number of fused-ring (bicyclic) bond motifs is 3. The van der Waals surface area contributed by atoms with E-state index < -0.39 is 0 Å². The summed E-state index contributed by atoms with van der Waals surface area (Å²) >= 11 is 0. The van der Waals surface area contributed by atoms with Gasteiger partial charge in [-0.2, -0.15) is 0 Å². The fourth-order valence-corrected chi connectivity index (χ4v) is 3.88. The molecule has 1 saturated heterocycles. The molecule has 0 bridgehead atoms. The Balaban J connectivity index is 1.46. The zero-order valence-electron chi connectivity index (χ0n) is 15.3. The molecule has 5 rings (SSSR count). The van der Waals surface area contributed by atoms with Crippen LogP contribution in [-0.2, 0) is 0 Å². The van der Waals surface area contributed by atoms with Gasteiger partial charge in [0.1, 0.15) is 11.9 Å². The first-order valence-corrected chi connectivity index (χ1v) is 9.42. The van der Waals surface area contributed by atoms with Crippen LogP contribution in [0.1, 0.15) is 16.8 Å². The van der Waals surface area contributed by atoms with Crippen LogP contribution in [0.4, 0.5) is 0 Å². The van der Waals surface area contributed by atoms with E-state index in [1.54, 1.807) is 18.6 Å². The molecule has 0 saturated carbocycles. The van der Waals surface area contributed by atoms with Gasteiger partial charge in [-0.05, 0) is 35.0 Å². The lowest BCUT2D eigenvalue weighted by Gasteiger charge is -2.18. The molecule has 2 aromatic carbocycles. The number of rotatable bonds is 3. The second kappa shape index (κ2) is 6.93. The van der Waals surface area contributed by atoms with Crippen molar-refractivity contribution in [1.82, 2.24) is 14.9 Å². The van der Waals surface area contributed by atoms with Crippen LogP contribution < -0.4 is 4.74 Å². The third-order valence-electron chi connectivity index (χ3n) is 5.21. The molecule has 138 valence electrons. The van der Waals surface area contributed by atoms with Gasteiger partial charge in [0.25, 0.3) is 5.91 Å². The van der Waals surface area contributed by atoms with Gasteiger partial charge >= 0.3 is 0 Å². The van der Waals surface area contributed by atoms with Crippen LogP contribution in [0.25, 0.3) is 21.7 Å². The van der Waals surface area contributed by atoms with Crippen LogP contribution in [0.2, 0.25) is 0 Å². The predicted molar refractivity (Wildman–Crippen MR) is 108 cm³/mol. The van der Waals surface area contributed by atoms with E-state index >= 15 is 0 Å². The van der Waals surface area contributed by atoms with E-state index in [1.165, 1.54) is 0 Å². The van der Waals surface area contributed by atoms with Crippen molar-refractivity contribution in [3.05, 3.63) is 78.8 Å². The van der Waals surface area contributed by atoms with E-state index in [1.807, 2.05) is 53.4 Å². The minimum Gasteiger partial charge on any atom is -0.487 e. The van der Waals surface area contributed by atoms with Crippen LogP contribution >= 0.6 is 0 Å². The van der Waals surface area contributed by atoms with E-state index in [9.17, 15) is 4.79 Å². The van der Waals surface area contributed by atoms with Crippen molar-refractivity contribution < 1.29 is 9.53 Å². The molecule has 1 unspecified atom stereocenters. The molecule has 5 nitrogen and oxygen atoms in total. The molecule has 28 heavy (non-hydrogen) atoms. The smallest absolute Gasteiger partial charge is 0.256 e. The molecule has 0 aliphatic carbocycles. The summed E-state index contributed by atoms with van der Waals surface area (Å²) in [4.78, 5) is 23.8. The average molecular weight is 369 g/mol. The third kappa shape index (κ3) is 2.95. The van der Waals surface area contributed by atoms with Crippen molar-refractivity contribution in [1.29, 1.82) is 0 Å². The molecule has 3 heterocycles. The average Bonchev–Trinajstić information content (AvgIpc) is 3.22. The highest BCUT2D eigenvalue weighted by molar-refractivity contribution is 6.15. The predicted octanol–water partition coefficient (Wildman–Crippen LogP) is 4.08. The first-order chi connectivity index (χ1) is 13.8. The van der Waals surface area contributed by atoms with Crippen molar-refractivity contribution >= 4 is 27.6 Å². The molecular formula is C23H19N3O2. The summed E-state index contributed by atoms with van der Waals surface area (Å²) in [5.41, 5.74) is 1.40. The maximum Gasteiger partial charge on any atom is 0.256 e. The van der Waals surface area contributed by atoms with Crippen molar-refractivity contribution in [2.45, 2.75) is 12.5 Å². The van der Waals surface area contributed by atoms with Crippen molar-refractivity contribution in [3.8, 4) is 5.75 Å². The van der Waals surface area contributed by atoms with Crippen molar-refractivity contribution in [2.24, 2.45) is 0 Å². The minimum atomic E-state index is -0.0205. The lowest BCUT2D eigenvalue weighted by Crippen LogP contribution is -2.31. The van der Waals surface area contributed by atoms with Gasteiger partial charge in [0.2, 0.25) is 0 Å². The third-order valence-corrected chi connectivity index (χ3v) is 5.21. The molecule has 1 fully saturated rings. The number of carbonyl (C=O) groups is 1. The maximum absolute atomic E-state index is 13.3. The van der Waals surface area contributed by atoms with E-state index in [-0.39, 0.29) is 12.0 Å². The first-order valence-electron chi connectivity index (χ1n) is 9.42. The van der Waals surface area contributed by atoms with Gasteiger partial charge in [0.15, 0.2) is 0 Å². The fourth-order valence-electron chi connectivity index (χ4n) is 3.88. The number of hydrogen-bond donors (Lipinski definition) is 0. The molecule has 1 atom stereocenters. The number of pyridine rings is 2. The largest absolute Gasteiger partial charge is 0.487 e. The Bertz CT molecular complexity index is 1160. The number of nitrogens with zero attached hydrogens (tertiary/aromatic N) is 3. The normalized spacial score (nSPS) is 16.6. The Morgan fingerprint density at radius 3 is 2.79 bits per heavy atom. The second-order valence-corrected chi connectivity index (χ2v) is 7.01. The molecule has 0 spiro atoms. The number of carbonyl (C=O) groups excluding carboxylic acids is 1. The highest BCUT2D eigenvalue weighted by atomic mass is 16.5. The summed E-state index contributed by atoms with van der Waals surface area (Å²) < 4.78 is 5.98. The molecule has 5 heteroatoms. The van der Waals surface area contributed by atoms with Gasteiger partial charge in [-0.15, -0.1) is 0 Å². The molecule has 0 N–H and O–H groups in total. The monoisotopic (exact) mass is 369 g/mol. The SMILES string of the molecule is O=C(c1cc2ccccc2c2cccnc12)N1CCC(Oc2cccnc2)C1. The quantitative estimate of drug-likeness (QED) is 0.511. The zero-order valence-corrected chi connectivity index (χ0v) is 15.3. The first kappa shape index (κ1) is 16.7. The van der Waals surface area contributed by atoms with Gasteiger partial charge < -0.3 is 9.64 Å². The molecule has 4 aromatic rings. The van der Waals surface area contributed by atoms with Crippen LogP contribution in [-0.4, -0.2) is 40.0 Å². The Hall–Kier alpha value is -3.47. The zero-order chi connectivity index (χ0) is 18.9. The number of hydrogen-bond acceptors (Lipinski definition) is 4. The number of amides is 1. The Morgan fingerprint density at radius 2 is 1.89 bits per heavy atom. The summed E-state index contributed by atoms with van der Waals surface area (Å²) in [7, 11) is 0. The lowest BCUT2D eigenvalue weighted by molar-refractivity contribution is 0.0774. The number of ether oxygens (including phenoxy) is 1. The van der Waals surface area contributed by atoms with Gasteiger partial charge in [-0.1, -0.05) is 30.3 Å². The highest BCUT2D eigenvalue weighted by Crippen LogP contribution is 2.29. The fraction of sp³-hybridized carbons (Fsp3) is 0.174. The van der Waals surface area contributed by atoms with Gasteiger partial charge in [-0.3, -0.25) is 14.8 Å². The molecule has 1 aliphatic rings. The lowest BCUT2D eigenvalue weighted by atomic mass is 10.00. The molecular weight excluding hydrogens is 350 g/mol. The van der Waals surface area contributed by atoms with E-state index in [0.717, 1.165) is 33.8 Å². The summed E-state index contributed by atoms with van der Waals surface area (Å²) in [6, 6.07) is 17.7. The van der Waals surface area contributed by atoms with Gasteiger partial charge in [-0.25, -0.2) is 0 Å². The molecule has 1 amide bonds. The van der Waals surface area contributed by atoms with Crippen LogP contribution in [0.15, 0.2) is 73.2 Å². The van der Waals surface area contributed by atoms with Crippen LogP contribution in [0.5, 0.6) is 5.75 Å². The Labute approximate surface area is 162 Å². The van der Waals surface area contributed by atoms with Crippen LogP contribution in [0.3, 0.4) is 0 Å². The maximum atomic E-state index is 13.3. The van der Waals surface area contributed by atoms with E-state index in [4.69, 9.17) is 4.74 Å². The van der Waals surface area contributed by atoms with Gasteiger partial charge in [0, 0.05) is 30.7 Å². The molecule has 1 aliphatic heterocycles. The summed E-state index contributed by atoms with van der Waals surface area (Å²) in [6.07, 6.45) is 5.94. The minimum absolute atomic E-state index is 0.00624. The van der Waals surface area contributed by atoms with E-state index in [0.29, 0.717) is 18.7 Å². The van der Waals surface area contributed by atoms with Crippen molar-refractivity contribution in [3.63, 3.8) is 0 Å². The molecule has 2 aromatic heterocycles. The topological polar surface area (TPSA) is 55.3 Å². The van der Waals surface area contributed by atoms with E-state index in [2.05, 4.69) is 16.0 Å². The van der Waals surface area contributed by atoms with Gasteiger partial charge in [0.05, 0.1) is 23.8 Å². The highest BCUT2D eigenvalue weighted by Gasteiger charge is 2.29. The second-order valence-electron chi connectivity index (χ2n) is 7.01. The summed E-state index contributed by atoms with van der Waals surface area (Å²) in [5, 5.41) is 3.17. The summed E-state index contributed by atoms with van der Waals surface area (Å²) in [5.74, 6) is 0.742. The number of likely N-dealkylation sites (tertiary alicyclic amines) is 1. The standard InChI is InChI=1S/C23H19N3O2/c27-23(26-12-9-18(15-26)28-17-6-3-10-24-14-17)21-13-16-5-1-2-7-19(16)20-8-4-11-25-22(20)21/h1-8,10-11,13-14,18H,9,12,15H2. The Kier molecular flexibility index (Phi) is 4.13. The van der Waals surface area contributed by atoms with Crippen molar-refractivity contribution in [2.75, 3.05) is 13.1 Å². The summed E-state index contributed by atoms with van der Waals surface area (Å²) in [6.45, 7) is 1.24. The number of benzene rings is 2.